The number of thiophene rings is 1. The van der Waals surface area contributed by atoms with Crippen molar-refractivity contribution in [3.63, 3.8) is 0 Å². The van der Waals surface area contributed by atoms with Crippen LogP contribution in [0.1, 0.15) is 5.56 Å². The highest BCUT2D eigenvalue weighted by atomic mass is 32.1. The maximum absolute atomic E-state index is 13.8. The van der Waals surface area contributed by atoms with Crippen LogP contribution in [-0.2, 0) is 11.3 Å². The summed E-state index contributed by atoms with van der Waals surface area (Å²) in [5.74, 6) is -0.203. The Kier molecular flexibility index (Phi) is 4.87. The predicted molar refractivity (Wildman–Crippen MR) is 80.1 cm³/mol. The van der Waals surface area contributed by atoms with Crippen molar-refractivity contribution in [2.24, 2.45) is 0 Å². The van der Waals surface area contributed by atoms with Crippen LogP contribution in [0.4, 0.5) is 4.39 Å². The normalized spacial score (nSPS) is 10.6. The van der Waals surface area contributed by atoms with Crippen molar-refractivity contribution in [2.75, 3.05) is 20.6 Å². The molecule has 0 aliphatic carbocycles. The Hall–Kier alpha value is -1.72. The number of benzene rings is 1. The molecule has 0 unspecified atom stereocenters. The molecule has 20 heavy (non-hydrogen) atoms. The summed E-state index contributed by atoms with van der Waals surface area (Å²) in [6.07, 6.45) is 0. The molecule has 0 radical (unpaired) electrons. The highest BCUT2D eigenvalue weighted by molar-refractivity contribution is 7.13. The third-order valence-electron chi connectivity index (χ3n) is 2.92. The van der Waals surface area contributed by atoms with Gasteiger partial charge in [-0.1, -0.05) is 12.1 Å². The SMILES string of the molecule is CN(C)C(=O)CNCc1ccc(F)c(-c2cccs2)c1. The standard InChI is InChI=1S/C15H17FN2OS/c1-18(2)15(19)10-17-9-11-5-6-13(16)12(8-11)14-4-3-7-20-14/h3-8,17H,9-10H2,1-2H3. The van der Waals surface area contributed by atoms with Crippen molar-refractivity contribution in [3.8, 4) is 10.4 Å². The van der Waals surface area contributed by atoms with Gasteiger partial charge >= 0.3 is 0 Å². The Morgan fingerprint density at radius 2 is 2.15 bits per heavy atom. The van der Waals surface area contributed by atoms with Crippen LogP contribution >= 0.6 is 11.3 Å². The van der Waals surface area contributed by atoms with Gasteiger partial charge in [0.1, 0.15) is 5.82 Å². The van der Waals surface area contributed by atoms with Gasteiger partial charge < -0.3 is 10.2 Å². The topological polar surface area (TPSA) is 32.3 Å². The van der Waals surface area contributed by atoms with Gasteiger partial charge in [-0.05, 0) is 29.1 Å². The summed E-state index contributed by atoms with van der Waals surface area (Å²) in [7, 11) is 3.44. The van der Waals surface area contributed by atoms with E-state index in [1.165, 1.54) is 22.3 Å². The van der Waals surface area contributed by atoms with E-state index in [-0.39, 0.29) is 18.3 Å². The summed E-state index contributed by atoms with van der Waals surface area (Å²) < 4.78 is 13.8. The minimum absolute atomic E-state index is 0.0191. The summed E-state index contributed by atoms with van der Waals surface area (Å²) >= 11 is 1.51. The maximum Gasteiger partial charge on any atom is 0.236 e. The molecule has 0 bridgehead atoms. The Morgan fingerprint density at radius 1 is 1.35 bits per heavy atom. The molecule has 1 aromatic carbocycles. The fourth-order valence-corrected chi connectivity index (χ4v) is 2.52. The van der Waals surface area contributed by atoms with Gasteiger partial charge in [0.15, 0.2) is 0 Å². The molecule has 0 aliphatic heterocycles. The molecule has 1 amide bonds. The molecule has 0 fully saturated rings. The first-order chi connectivity index (χ1) is 9.58. The molecule has 0 aliphatic rings. The minimum Gasteiger partial charge on any atom is -0.348 e. The van der Waals surface area contributed by atoms with E-state index in [1.54, 1.807) is 20.2 Å². The van der Waals surface area contributed by atoms with Crippen LogP contribution in [0.25, 0.3) is 10.4 Å². The summed E-state index contributed by atoms with van der Waals surface area (Å²) in [5.41, 5.74) is 1.57. The molecule has 0 atom stereocenters. The van der Waals surface area contributed by atoms with Gasteiger partial charge in [-0.3, -0.25) is 4.79 Å². The van der Waals surface area contributed by atoms with E-state index in [1.807, 2.05) is 23.6 Å². The smallest absolute Gasteiger partial charge is 0.236 e. The number of carbonyl (C=O) groups is 1. The quantitative estimate of drug-likeness (QED) is 0.919. The van der Waals surface area contributed by atoms with E-state index in [0.717, 1.165) is 10.4 Å². The Morgan fingerprint density at radius 3 is 2.80 bits per heavy atom. The lowest BCUT2D eigenvalue weighted by atomic mass is 10.1. The van der Waals surface area contributed by atoms with Crippen LogP contribution in [0.2, 0.25) is 0 Å². The molecule has 106 valence electrons. The number of rotatable bonds is 5. The summed E-state index contributed by atoms with van der Waals surface area (Å²) in [4.78, 5) is 13.9. The number of amides is 1. The van der Waals surface area contributed by atoms with Gasteiger partial charge in [0.25, 0.3) is 0 Å². The van der Waals surface area contributed by atoms with Crippen LogP contribution in [0.3, 0.4) is 0 Å². The lowest BCUT2D eigenvalue weighted by Gasteiger charge is -2.11. The monoisotopic (exact) mass is 292 g/mol. The van der Waals surface area contributed by atoms with Gasteiger partial charge in [-0.25, -0.2) is 4.39 Å². The van der Waals surface area contributed by atoms with E-state index in [9.17, 15) is 9.18 Å². The first kappa shape index (κ1) is 14.7. The molecule has 0 saturated carbocycles. The summed E-state index contributed by atoms with van der Waals surface area (Å²) in [5, 5.41) is 4.99. The van der Waals surface area contributed by atoms with E-state index < -0.39 is 0 Å². The molecule has 3 nitrogen and oxygen atoms in total. The van der Waals surface area contributed by atoms with Crippen LogP contribution in [-0.4, -0.2) is 31.4 Å². The number of hydrogen-bond acceptors (Lipinski definition) is 3. The highest BCUT2D eigenvalue weighted by Gasteiger charge is 2.08. The second kappa shape index (κ2) is 6.63. The molecular formula is C15H17FN2OS. The summed E-state index contributed by atoms with van der Waals surface area (Å²) in [6, 6.07) is 8.84. The highest BCUT2D eigenvalue weighted by Crippen LogP contribution is 2.28. The van der Waals surface area contributed by atoms with Gasteiger partial charge in [-0.15, -0.1) is 11.3 Å². The zero-order chi connectivity index (χ0) is 14.5. The van der Waals surface area contributed by atoms with Gasteiger partial charge in [0.05, 0.1) is 6.54 Å². The van der Waals surface area contributed by atoms with Crippen molar-refractivity contribution in [1.29, 1.82) is 0 Å². The Bertz CT molecular complexity index is 582. The molecule has 1 heterocycles. The van der Waals surface area contributed by atoms with Gasteiger partial charge in [-0.2, -0.15) is 0 Å². The first-order valence-corrected chi connectivity index (χ1v) is 7.19. The van der Waals surface area contributed by atoms with Crippen LogP contribution in [0.15, 0.2) is 35.7 Å². The fourth-order valence-electron chi connectivity index (χ4n) is 1.77. The molecule has 5 heteroatoms. The third-order valence-corrected chi connectivity index (χ3v) is 3.82. The average molecular weight is 292 g/mol. The van der Waals surface area contributed by atoms with Crippen molar-refractivity contribution >= 4 is 17.2 Å². The van der Waals surface area contributed by atoms with Crippen LogP contribution in [0, 0.1) is 5.82 Å². The fraction of sp³-hybridized carbons (Fsp3) is 0.267. The first-order valence-electron chi connectivity index (χ1n) is 6.31. The van der Waals surface area contributed by atoms with E-state index in [2.05, 4.69) is 5.32 Å². The number of carbonyl (C=O) groups excluding carboxylic acids is 1. The molecule has 1 N–H and O–H groups in total. The van der Waals surface area contributed by atoms with Crippen molar-refractivity contribution in [3.05, 3.63) is 47.1 Å². The number of hydrogen-bond donors (Lipinski definition) is 1. The molecular weight excluding hydrogens is 275 g/mol. The Balaban J connectivity index is 2.03. The summed E-state index contributed by atoms with van der Waals surface area (Å²) in [6.45, 7) is 0.816. The zero-order valence-corrected chi connectivity index (χ0v) is 12.3. The number of halogens is 1. The van der Waals surface area contributed by atoms with Gasteiger partial charge in [0.2, 0.25) is 5.91 Å². The molecule has 1 aromatic heterocycles. The molecule has 0 spiro atoms. The van der Waals surface area contributed by atoms with Crippen LogP contribution < -0.4 is 5.32 Å². The van der Waals surface area contributed by atoms with Crippen molar-refractivity contribution in [1.82, 2.24) is 10.2 Å². The third kappa shape index (κ3) is 3.65. The average Bonchev–Trinajstić information content (AvgIpc) is 2.94. The molecule has 0 saturated heterocycles. The van der Waals surface area contributed by atoms with Crippen molar-refractivity contribution < 1.29 is 9.18 Å². The largest absolute Gasteiger partial charge is 0.348 e. The lowest BCUT2D eigenvalue weighted by Crippen LogP contribution is -2.32. The van der Waals surface area contributed by atoms with E-state index in [0.29, 0.717) is 12.1 Å². The second-order valence-corrected chi connectivity index (χ2v) is 5.63. The number of nitrogens with zero attached hydrogens (tertiary/aromatic N) is 1. The Labute approximate surface area is 122 Å². The minimum atomic E-state index is -0.222. The van der Waals surface area contributed by atoms with Crippen molar-refractivity contribution in [2.45, 2.75) is 6.54 Å². The second-order valence-electron chi connectivity index (χ2n) is 4.68. The number of nitrogens with one attached hydrogen (secondary N) is 1. The van der Waals surface area contributed by atoms with E-state index in [4.69, 9.17) is 0 Å². The molecule has 2 aromatic rings. The number of likely N-dealkylation sites (N-methyl/N-ethyl adjacent to an activating group) is 1. The van der Waals surface area contributed by atoms with E-state index >= 15 is 0 Å². The maximum atomic E-state index is 13.8. The zero-order valence-electron chi connectivity index (χ0n) is 11.5. The molecule has 2 rings (SSSR count). The lowest BCUT2D eigenvalue weighted by molar-refractivity contribution is -0.127. The van der Waals surface area contributed by atoms with Gasteiger partial charge in [0, 0.05) is 31.1 Å². The predicted octanol–water partition coefficient (Wildman–Crippen LogP) is 2.73. The van der Waals surface area contributed by atoms with Crippen LogP contribution in [0.5, 0.6) is 0 Å².